The van der Waals surface area contributed by atoms with Crippen LogP contribution in [0.15, 0.2) is 54.6 Å². The highest BCUT2D eigenvalue weighted by molar-refractivity contribution is 8.01. The Labute approximate surface area is 162 Å². The number of carbonyl (C=O) groups excluding carboxylic acids is 1. The van der Waals surface area contributed by atoms with Gasteiger partial charge in [0.15, 0.2) is 5.82 Å². The van der Waals surface area contributed by atoms with Gasteiger partial charge >= 0.3 is 0 Å². The second-order valence-electron chi connectivity index (χ2n) is 6.60. The van der Waals surface area contributed by atoms with E-state index in [1.54, 1.807) is 11.8 Å². The maximum absolute atomic E-state index is 12.2. The van der Waals surface area contributed by atoms with Crippen molar-refractivity contribution in [2.75, 3.05) is 5.32 Å². The van der Waals surface area contributed by atoms with E-state index in [-0.39, 0.29) is 16.4 Å². The third kappa shape index (κ3) is 3.71. The molecule has 3 aromatic rings. The second kappa shape index (κ2) is 7.48. The van der Waals surface area contributed by atoms with Gasteiger partial charge in [-0.2, -0.15) is 5.10 Å². The highest BCUT2D eigenvalue weighted by Crippen LogP contribution is 2.44. The quantitative estimate of drug-likeness (QED) is 0.702. The van der Waals surface area contributed by atoms with Crippen LogP contribution in [-0.2, 0) is 11.4 Å². The summed E-state index contributed by atoms with van der Waals surface area (Å²) in [6.45, 7) is 4.45. The number of hydrogen-bond donors (Lipinski definition) is 2. The highest BCUT2D eigenvalue weighted by atomic mass is 32.2. The molecule has 4 rings (SSSR count). The summed E-state index contributed by atoms with van der Waals surface area (Å²) >= 11 is 1.63. The zero-order chi connectivity index (χ0) is 18.8. The molecule has 1 aliphatic heterocycles. The lowest BCUT2D eigenvalue weighted by Gasteiger charge is -2.18. The Morgan fingerprint density at radius 1 is 1.11 bits per heavy atom. The van der Waals surface area contributed by atoms with E-state index in [1.165, 1.54) is 0 Å². The molecule has 27 heavy (non-hydrogen) atoms. The Morgan fingerprint density at radius 3 is 2.59 bits per heavy atom. The highest BCUT2D eigenvalue weighted by Gasteiger charge is 2.32. The number of rotatable bonds is 4. The van der Waals surface area contributed by atoms with E-state index in [0.717, 1.165) is 28.1 Å². The van der Waals surface area contributed by atoms with Crippen molar-refractivity contribution in [2.45, 2.75) is 31.0 Å². The molecule has 0 spiro atoms. The summed E-state index contributed by atoms with van der Waals surface area (Å²) in [5.41, 5.74) is 4.27. The van der Waals surface area contributed by atoms with E-state index >= 15 is 0 Å². The smallest absolute Gasteiger partial charge is 0.238 e. The number of nitrogens with one attached hydrogen (secondary N) is 2. The van der Waals surface area contributed by atoms with Gasteiger partial charge in [-0.25, -0.2) is 0 Å². The van der Waals surface area contributed by atoms with E-state index in [4.69, 9.17) is 4.74 Å². The van der Waals surface area contributed by atoms with Crippen LogP contribution in [0.2, 0.25) is 0 Å². The molecule has 2 aromatic carbocycles. The summed E-state index contributed by atoms with van der Waals surface area (Å²) in [6.07, 6.45) is 0. The van der Waals surface area contributed by atoms with Crippen molar-refractivity contribution in [3.8, 4) is 5.75 Å². The van der Waals surface area contributed by atoms with Crippen molar-refractivity contribution in [1.29, 1.82) is 0 Å². The predicted molar refractivity (Wildman–Crippen MR) is 108 cm³/mol. The lowest BCUT2D eigenvalue weighted by molar-refractivity contribution is -0.115. The lowest BCUT2D eigenvalue weighted by atomic mass is 10.0. The summed E-state index contributed by atoms with van der Waals surface area (Å²) in [4.78, 5) is 12.2. The van der Waals surface area contributed by atoms with Crippen LogP contribution in [0.1, 0.15) is 34.6 Å². The van der Waals surface area contributed by atoms with Crippen molar-refractivity contribution in [2.24, 2.45) is 0 Å². The standard InChI is InChI=1S/C21H21N3O2S/c1-13-18-19(27-14(2)21(25)22-20(18)24-23-13)16-8-10-17(11-9-16)26-12-15-6-4-3-5-7-15/h3-11,14,19H,12H2,1-2H3,(H2,22,23,24,25). The molecular weight excluding hydrogens is 358 g/mol. The average Bonchev–Trinajstić information content (AvgIpc) is 2.99. The lowest BCUT2D eigenvalue weighted by Crippen LogP contribution is -2.21. The number of aromatic nitrogens is 2. The van der Waals surface area contributed by atoms with Crippen LogP contribution < -0.4 is 10.1 Å². The van der Waals surface area contributed by atoms with Crippen molar-refractivity contribution in [3.63, 3.8) is 0 Å². The van der Waals surface area contributed by atoms with Gasteiger partial charge in [-0.3, -0.25) is 9.89 Å². The van der Waals surface area contributed by atoms with Crippen molar-refractivity contribution in [1.82, 2.24) is 10.2 Å². The molecule has 0 fully saturated rings. The van der Waals surface area contributed by atoms with Crippen LogP contribution in [0, 0.1) is 6.92 Å². The topological polar surface area (TPSA) is 67.0 Å². The maximum atomic E-state index is 12.2. The number of nitrogens with zero attached hydrogens (tertiary/aromatic N) is 1. The van der Waals surface area contributed by atoms with Gasteiger partial charge in [0.05, 0.1) is 10.5 Å². The van der Waals surface area contributed by atoms with Gasteiger partial charge in [-0.05, 0) is 37.1 Å². The van der Waals surface area contributed by atoms with Crippen LogP contribution in [0.3, 0.4) is 0 Å². The first kappa shape index (κ1) is 17.7. The first-order chi connectivity index (χ1) is 13.1. The van der Waals surface area contributed by atoms with Crippen LogP contribution in [-0.4, -0.2) is 21.4 Å². The number of amides is 1. The van der Waals surface area contributed by atoms with Gasteiger partial charge in [-0.1, -0.05) is 42.5 Å². The number of H-pyrrole nitrogens is 1. The molecule has 5 nitrogen and oxygen atoms in total. The second-order valence-corrected chi connectivity index (χ2v) is 8.05. The number of thioether (sulfide) groups is 1. The van der Waals surface area contributed by atoms with Gasteiger partial charge in [-0.15, -0.1) is 11.8 Å². The first-order valence-electron chi connectivity index (χ1n) is 8.89. The fraction of sp³-hybridized carbons (Fsp3) is 0.238. The van der Waals surface area contributed by atoms with Crippen molar-refractivity contribution in [3.05, 3.63) is 77.0 Å². The third-order valence-corrected chi connectivity index (χ3v) is 6.04. The van der Waals surface area contributed by atoms with Crippen molar-refractivity contribution >= 4 is 23.5 Å². The summed E-state index contributed by atoms with van der Waals surface area (Å²) in [7, 11) is 0. The van der Waals surface area contributed by atoms with Gasteiger partial charge in [0.25, 0.3) is 0 Å². The summed E-state index contributed by atoms with van der Waals surface area (Å²) < 4.78 is 5.88. The monoisotopic (exact) mass is 379 g/mol. The van der Waals surface area contributed by atoms with E-state index in [9.17, 15) is 4.79 Å². The van der Waals surface area contributed by atoms with Crippen molar-refractivity contribution < 1.29 is 9.53 Å². The molecule has 0 saturated heterocycles. The molecule has 0 radical (unpaired) electrons. The van der Waals surface area contributed by atoms with Gasteiger partial charge in [0.2, 0.25) is 5.91 Å². The van der Waals surface area contributed by atoms with Crippen LogP contribution in [0.4, 0.5) is 5.82 Å². The Bertz CT molecular complexity index is 938. The SMILES string of the molecule is Cc1[nH]nc2c1C(c1ccc(OCc3ccccc3)cc1)SC(C)C(=O)N2. The van der Waals surface area contributed by atoms with Crippen LogP contribution in [0.5, 0.6) is 5.75 Å². The molecule has 2 atom stereocenters. The molecule has 0 saturated carbocycles. The molecule has 0 bridgehead atoms. The molecule has 0 aliphatic carbocycles. The predicted octanol–water partition coefficient (Wildman–Crippen LogP) is 4.46. The third-order valence-electron chi connectivity index (χ3n) is 4.64. The Balaban J connectivity index is 1.56. The molecule has 6 heteroatoms. The Morgan fingerprint density at radius 2 is 1.85 bits per heavy atom. The zero-order valence-electron chi connectivity index (χ0n) is 15.2. The molecule has 1 aliphatic rings. The first-order valence-corrected chi connectivity index (χ1v) is 9.84. The number of carbonyl (C=O) groups is 1. The molecule has 138 valence electrons. The number of fused-ring (bicyclic) bond motifs is 1. The Kier molecular flexibility index (Phi) is 4.90. The fourth-order valence-electron chi connectivity index (χ4n) is 3.13. The summed E-state index contributed by atoms with van der Waals surface area (Å²) in [6, 6.07) is 18.2. The van der Waals surface area contributed by atoms with E-state index in [1.807, 2.05) is 56.3 Å². The number of hydrogen-bond acceptors (Lipinski definition) is 4. The average molecular weight is 379 g/mol. The molecule has 2 N–H and O–H groups in total. The number of aromatic amines is 1. The minimum atomic E-state index is -0.155. The van der Waals surface area contributed by atoms with Gasteiger partial charge < -0.3 is 10.1 Å². The molecule has 1 aromatic heterocycles. The van der Waals surface area contributed by atoms with E-state index in [0.29, 0.717) is 12.4 Å². The number of anilines is 1. The van der Waals surface area contributed by atoms with Crippen LogP contribution >= 0.6 is 11.8 Å². The van der Waals surface area contributed by atoms with Gasteiger partial charge in [0, 0.05) is 11.3 Å². The fourth-order valence-corrected chi connectivity index (χ4v) is 4.46. The zero-order valence-corrected chi connectivity index (χ0v) is 16.0. The van der Waals surface area contributed by atoms with E-state index in [2.05, 4.69) is 27.6 Å². The van der Waals surface area contributed by atoms with E-state index < -0.39 is 0 Å². The molecular formula is C21H21N3O2S. The van der Waals surface area contributed by atoms with Crippen LogP contribution in [0.25, 0.3) is 0 Å². The minimum Gasteiger partial charge on any atom is -0.489 e. The number of benzene rings is 2. The summed E-state index contributed by atoms with van der Waals surface area (Å²) in [5.74, 6) is 1.44. The normalized spacial score (nSPS) is 19.1. The minimum absolute atomic E-state index is 0.0157. The largest absolute Gasteiger partial charge is 0.489 e. The molecule has 1 amide bonds. The molecule has 2 unspecified atom stereocenters. The number of ether oxygens (including phenoxy) is 1. The van der Waals surface area contributed by atoms with Gasteiger partial charge in [0.1, 0.15) is 12.4 Å². The Hall–Kier alpha value is -2.73. The maximum Gasteiger partial charge on any atom is 0.238 e. The summed E-state index contributed by atoms with van der Waals surface area (Å²) in [5, 5.41) is 10.1. The molecule has 2 heterocycles. The number of aryl methyl sites for hydroxylation is 1.